The third-order valence-electron chi connectivity index (χ3n) is 8.08. The maximum atomic E-state index is 12.9. The molecule has 0 spiro atoms. The maximum Gasteiger partial charge on any atom is 0.331 e. The average molecular weight is 725 g/mol. The number of carbonyl (C=O) groups is 2. The summed E-state index contributed by atoms with van der Waals surface area (Å²) in [7, 11) is 0. The lowest BCUT2D eigenvalue weighted by Crippen LogP contribution is -2.61. The first-order valence-corrected chi connectivity index (χ1v) is 16.0. The van der Waals surface area contributed by atoms with Crippen LogP contribution in [0.5, 0.6) is 28.7 Å². The minimum atomic E-state index is -1.86. The van der Waals surface area contributed by atoms with Gasteiger partial charge in [-0.1, -0.05) is 24.3 Å². The molecule has 6 N–H and O–H groups in total. The predicted octanol–water partition coefficient (Wildman–Crippen LogP) is 3.99. The fourth-order valence-corrected chi connectivity index (χ4v) is 5.38. The lowest BCUT2D eigenvalue weighted by Gasteiger charge is -2.41. The molecule has 53 heavy (non-hydrogen) atoms. The van der Waals surface area contributed by atoms with Crippen molar-refractivity contribution in [2.45, 2.75) is 30.7 Å². The highest BCUT2D eigenvalue weighted by Gasteiger charge is 2.48. The minimum Gasteiger partial charge on any atom is -0.508 e. The van der Waals surface area contributed by atoms with E-state index < -0.39 is 60.4 Å². The maximum absolute atomic E-state index is 12.9. The highest BCUT2D eigenvalue weighted by atomic mass is 16.7. The predicted molar refractivity (Wildman–Crippen MR) is 188 cm³/mol. The number of phenols is 4. The Labute approximate surface area is 300 Å². The van der Waals surface area contributed by atoms with Gasteiger partial charge in [-0.05, 0) is 71.8 Å². The van der Waals surface area contributed by atoms with Gasteiger partial charge in [0.1, 0.15) is 70.4 Å². The molecule has 1 saturated heterocycles. The van der Waals surface area contributed by atoms with E-state index in [4.69, 9.17) is 23.4 Å². The molecule has 2 heterocycles. The number of carbonyl (C=O) groups excluding carboxylic acids is 2. The first-order chi connectivity index (χ1) is 25.4. The number of hydrogen-bond donors (Lipinski definition) is 6. The summed E-state index contributed by atoms with van der Waals surface area (Å²) in [5, 5.41) is 61.4. The Morgan fingerprint density at radius 3 is 1.89 bits per heavy atom. The molecule has 14 heteroatoms. The van der Waals surface area contributed by atoms with Crippen molar-refractivity contribution in [1.82, 2.24) is 0 Å². The first kappa shape index (κ1) is 36.2. The Balaban J connectivity index is 1.23. The lowest BCUT2D eigenvalue weighted by atomic mass is 9.99. The average Bonchev–Trinajstić information content (AvgIpc) is 3.13. The molecular formula is C39H32O14. The summed E-state index contributed by atoms with van der Waals surface area (Å²) in [5.74, 6) is -2.28. The van der Waals surface area contributed by atoms with E-state index in [1.54, 1.807) is 24.3 Å². The number of fused-ring (bicyclic) bond motifs is 1. The Morgan fingerprint density at radius 1 is 0.717 bits per heavy atom. The van der Waals surface area contributed by atoms with Crippen LogP contribution in [0.25, 0.3) is 34.4 Å². The van der Waals surface area contributed by atoms with Crippen molar-refractivity contribution >= 4 is 35.1 Å². The van der Waals surface area contributed by atoms with Crippen LogP contribution >= 0.6 is 0 Å². The third-order valence-corrected chi connectivity index (χ3v) is 8.08. The van der Waals surface area contributed by atoms with Crippen LogP contribution in [0.2, 0.25) is 0 Å². The van der Waals surface area contributed by atoms with Crippen molar-refractivity contribution in [1.29, 1.82) is 0 Å². The number of aromatic hydroxyl groups is 4. The monoisotopic (exact) mass is 724 g/mol. The molecular weight excluding hydrogens is 692 g/mol. The smallest absolute Gasteiger partial charge is 0.331 e. The molecule has 1 aliphatic heterocycles. The van der Waals surface area contributed by atoms with Crippen molar-refractivity contribution in [2.75, 3.05) is 6.61 Å². The zero-order valence-electron chi connectivity index (χ0n) is 27.5. The van der Waals surface area contributed by atoms with Gasteiger partial charge in [-0.2, -0.15) is 0 Å². The van der Waals surface area contributed by atoms with Crippen LogP contribution in [0, 0.1) is 0 Å². The van der Waals surface area contributed by atoms with Crippen LogP contribution in [0.4, 0.5) is 0 Å². The van der Waals surface area contributed by atoms with Crippen LogP contribution in [0.15, 0.2) is 112 Å². The van der Waals surface area contributed by atoms with Gasteiger partial charge in [-0.3, -0.25) is 4.79 Å². The quantitative estimate of drug-likeness (QED) is 0.0886. The van der Waals surface area contributed by atoms with Crippen molar-refractivity contribution in [3.63, 3.8) is 0 Å². The van der Waals surface area contributed by atoms with Crippen molar-refractivity contribution in [3.05, 3.63) is 124 Å². The summed E-state index contributed by atoms with van der Waals surface area (Å²) < 4.78 is 28.3. The minimum absolute atomic E-state index is 0.000360. The topological polar surface area (TPSA) is 223 Å². The Hall–Kier alpha value is -6.61. The summed E-state index contributed by atoms with van der Waals surface area (Å²) in [6.45, 7) is -0.587. The molecule has 1 aromatic heterocycles. The second-order valence-electron chi connectivity index (χ2n) is 11.9. The van der Waals surface area contributed by atoms with Gasteiger partial charge in [-0.15, -0.1) is 0 Å². The molecule has 0 amide bonds. The number of rotatable bonds is 10. The number of hydrogen-bond acceptors (Lipinski definition) is 14. The van der Waals surface area contributed by atoms with E-state index in [-0.39, 0.29) is 39.7 Å². The van der Waals surface area contributed by atoms with E-state index in [9.17, 15) is 45.0 Å². The molecule has 1 fully saturated rings. The van der Waals surface area contributed by atoms with Crippen LogP contribution < -0.4 is 10.2 Å². The largest absolute Gasteiger partial charge is 0.508 e. The summed E-state index contributed by atoms with van der Waals surface area (Å²) in [5.41, 5.74) is 0.908. The highest BCUT2D eigenvalue weighted by molar-refractivity contribution is 5.88. The third kappa shape index (κ3) is 8.83. The SMILES string of the molecule is O=C(/C=C/c1ccc(O)cc1)OCC1O[C@@H](Oc2cc(O)c3c(=O)cc(-c4ccc(O)cc4)oc3c2)C(O)[C@@H](O)[C@@H]1OC(=O)/C=C/c1ccc(O)cc1. The van der Waals surface area contributed by atoms with E-state index in [0.717, 1.165) is 18.2 Å². The van der Waals surface area contributed by atoms with Crippen molar-refractivity contribution < 1.29 is 63.6 Å². The lowest BCUT2D eigenvalue weighted by molar-refractivity contribution is -0.281. The Morgan fingerprint density at radius 2 is 1.28 bits per heavy atom. The molecule has 6 rings (SSSR count). The first-order valence-electron chi connectivity index (χ1n) is 16.0. The van der Waals surface area contributed by atoms with E-state index in [1.165, 1.54) is 72.8 Å². The number of aliphatic hydroxyl groups excluding tert-OH is 2. The Kier molecular flexibility index (Phi) is 10.7. The van der Waals surface area contributed by atoms with Gasteiger partial charge in [0.2, 0.25) is 6.29 Å². The fourth-order valence-electron chi connectivity index (χ4n) is 5.38. The summed E-state index contributed by atoms with van der Waals surface area (Å²) in [6, 6.07) is 21.3. The van der Waals surface area contributed by atoms with E-state index in [0.29, 0.717) is 16.7 Å². The molecule has 272 valence electrons. The van der Waals surface area contributed by atoms with Crippen LogP contribution in [0.3, 0.4) is 0 Å². The molecule has 2 unspecified atom stereocenters. The summed E-state index contributed by atoms with van der Waals surface area (Å²) in [6.07, 6.45) is -3.39. The summed E-state index contributed by atoms with van der Waals surface area (Å²) >= 11 is 0. The number of aliphatic hydroxyl groups is 2. The van der Waals surface area contributed by atoms with Gasteiger partial charge in [0.15, 0.2) is 11.5 Å². The summed E-state index contributed by atoms with van der Waals surface area (Å²) in [4.78, 5) is 38.4. The van der Waals surface area contributed by atoms with Crippen LogP contribution in [-0.2, 0) is 23.8 Å². The second-order valence-corrected chi connectivity index (χ2v) is 11.9. The van der Waals surface area contributed by atoms with E-state index in [2.05, 4.69) is 0 Å². The normalized spacial score (nSPS) is 20.1. The number of ether oxygens (including phenoxy) is 4. The van der Waals surface area contributed by atoms with Crippen molar-refractivity contribution in [2.24, 2.45) is 0 Å². The fraction of sp³-hybridized carbons (Fsp3) is 0.154. The number of benzene rings is 4. The van der Waals surface area contributed by atoms with Gasteiger partial charge in [-0.25, -0.2) is 9.59 Å². The Bertz CT molecular complexity index is 2210. The second kappa shape index (κ2) is 15.7. The molecule has 1 aliphatic rings. The number of phenolic OH excluding ortho intramolecular Hbond substituents is 4. The van der Waals surface area contributed by atoms with Crippen molar-refractivity contribution in [3.8, 4) is 40.1 Å². The van der Waals surface area contributed by atoms with E-state index in [1.807, 2.05) is 0 Å². The van der Waals surface area contributed by atoms with Crippen LogP contribution in [0.1, 0.15) is 11.1 Å². The zero-order chi connectivity index (χ0) is 37.6. The standard InChI is InChI=1S/C39H32O14/c40-24-9-1-21(2-10-24)5-15-33(45)49-20-32-38(53-34(46)16-6-22-3-11-25(41)12-4-22)36(47)37(48)39(52-32)50-27-17-28(43)35-29(44)19-30(51-31(35)18-27)23-7-13-26(42)14-8-23/h1-19,32,36-43,47-48H,20H2/b15-5+,16-6+/t32?,36-,37?,38-,39-/m1/s1. The van der Waals surface area contributed by atoms with E-state index >= 15 is 0 Å². The number of esters is 2. The molecule has 0 radical (unpaired) electrons. The molecule has 5 atom stereocenters. The van der Waals surface area contributed by atoms with Gasteiger partial charge in [0.05, 0.1) is 0 Å². The van der Waals surface area contributed by atoms with Gasteiger partial charge in [0, 0.05) is 35.9 Å². The molecule has 5 aromatic rings. The van der Waals surface area contributed by atoms with Gasteiger partial charge in [0.25, 0.3) is 0 Å². The molecule has 4 aromatic carbocycles. The van der Waals surface area contributed by atoms with Crippen LogP contribution in [-0.4, -0.2) is 79.9 Å². The van der Waals surface area contributed by atoms with Gasteiger partial charge >= 0.3 is 11.9 Å². The zero-order valence-corrected chi connectivity index (χ0v) is 27.5. The van der Waals surface area contributed by atoms with Gasteiger partial charge < -0.3 is 54.0 Å². The molecule has 0 saturated carbocycles. The highest BCUT2D eigenvalue weighted by Crippen LogP contribution is 2.34. The molecule has 0 aliphatic carbocycles. The molecule has 0 bridgehead atoms. The molecule has 14 nitrogen and oxygen atoms in total.